The zero-order valence-corrected chi connectivity index (χ0v) is 21.9. The molecule has 3 unspecified atom stereocenters. The van der Waals surface area contributed by atoms with Crippen LogP contribution in [0.15, 0.2) is 18.2 Å². The van der Waals surface area contributed by atoms with Crippen LogP contribution < -0.4 is 10.6 Å². The molecule has 1 aromatic carbocycles. The number of hydrogen-bond acceptors (Lipinski definition) is 4. The molecule has 0 fully saturated rings. The molecule has 0 bridgehead atoms. The first-order chi connectivity index (χ1) is 15.3. The summed E-state index contributed by atoms with van der Waals surface area (Å²) in [6.45, 7) is 15.7. The van der Waals surface area contributed by atoms with E-state index in [2.05, 4.69) is 17.6 Å². The van der Waals surface area contributed by atoms with Crippen LogP contribution >= 0.6 is 0 Å². The lowest BCUT2D eigenvalue weighted by atomic mass is 9.93. The first-order valence-corrected chi connectivity index (χ1v) is 11.9. The summed E-state index contributed by atoms with van der Waals surface area (Å²) in [7, 11) is 1.63. The summed E-state index contributed by atoms with van der Waals surface area (Å²) in [5, 5.41) is 5.72. The van der Waals surface area contributed by atoms with Crippen LogP contribution in [0.1, 0.15) is 83.5 Å². The number of aryl methyl sites for hydroxylation is 1. The van der Waals surface area contributed by atoms with E-state index in [0.29, 0.717) is 13.0 Å². The van der Waals surface area contributed by atoms with Gasteiger partial charge < -0.3 is 20.3 Å². The van der Waals surface area contributed by atoms with E-state index in [0.717, 1.165) is 29.5 Å². The molecule has 186 valence electrons. The quantitative estimate of drug-likeness (QED) is 0.496. The number of likely N-dealkylation sites (N-methyl/N-ethyl adjacent to an activating group) is 1. The van der Waals surface area contributed by atoms with Crippen molar-refractivity contribution in [3.05, 3.63) is 34.9 Å². The Labute approximate surface area is 199 Å². The van der Waals surface area contributed by atoms with Gasteiger partial charge in [-0.15, -0.1) is 0 Å². The lowest BCUT2D eigenvalue weighted by molar-refractivity contribution is -0.141. The highest BCUT2D eigenvalue weighted by molar-refractivity contribution is 5.92. The topological polar surface area (TPSA) is 87.7 Å². The van der Waals surface area contributed by atoms with Gasteiger partial charge in [0.15, 0.2) is 0 Å². The Morgan fingerprint density at radius 1 is 1.12 bits per heavy atom. The molecular weight excluding hydrogens is 418 g/mol. The van der Waals surface area contributed by atoms with Crippen LogP contribution in [-0.2, 0) is 14.3 Å². The van der Waals surface area contributed by atoms with Crippen molar-refractivity contribution in [2.45, 2.75) is 92.3 Å². The molecule has 0 saturated heterocycles. The van der Waals surface area contributed by atoms with Crippen molar-refractivity contribution in [1.29, 1.82) is 0 Å². The standard InChI is InChI=1S/C26H43N3O4/c1-10-12-16-27-23(30)22(20-15-13-14-18(4)19(20)5)29(9)24(31)21(17(3)11-2)28-25(32)33-26(6,7)8/h13-15,17,21-22H,10-12,16H2,1-9H3,(H,27,30)(H,28,32). The fourth-order valence-electron chi connectivity index (χ4n) is 3.55. The zero-order chi connectivity index (χ0) is 25.3. The van der Waals surface area contributed by atoms with Crippen LogP contribution in [0.2, 0.25) is 0 Å². The van der Waals surface area contributed by atoms with Crippen LogP contribution in [0.5, 0.6) is 0 Å². The number of rotatable bonds is 10. The number of carbonyl (C=O) groups excluding carboxylic acids is 3. The number of nitrogens with one attached hydrogen (secondary N) is 2. The predicted octanol–water partition coefficient (Wildman–Crippen LogP) is 4.66. The first-order valence-electron chi connectivity index (χ1n) is 11.9. The van der Waals surface area contributed by atoms with Gasteiger partial charge in [0.25, 0.3) is 0 Å². The van der Waals surface area contributed by atoms with E-state index >= 15 is 0 Å². The molecule has 2 N–H and O–H groups in total. The number of hydrogen-bond donors (Lipinski definition) is 2. The van der Waals surface area contributed by atoms with E-state index < -0.39 is 23.8 Å². The van der Waals surface area contributed by atoms with Crippen LogP contribution in [0.4, 0.5) is 4.79 Å². The Kier molecular flexibility index (Phi) is 10.9. The van der Waals surface area contributed by atoms with E-state index in [4.69, 9.17) is 4.74 Å². The lowest BCUT2D eigenvalue weighted by Crippen LogP contribution is -2.54. The summed E-state index contributed by atoms with van der Waals surface area (Å²) in [6.07, 6.45) is 1.85. The minimum Gasteiger partial charge on any atom is -0.444 e. The zero-order valence-electron chi connectivity index (χ0n) is 21.9. The maximum absolute atomic E-state index is 13.7. The van der Waals surface area contributed by atoms with Crippen molar-refractivity contribution in [3.63, 3.8) is 0 Å². The minimum absolute atomic E-state index is 0.144. The smallest absolute Gasteiger partial charge is 0.408 e. The average Bonchev–Trinajstić information content (AvgIpc) is 2.73. The van der Waals surface area contributed by atoms with Crippen molar-refractivity contribution < 1.29 is 19.1 Å². The summed E-state index contributed by atoms with van der Waals surface area (Å²) in [5.74, 6) is -0.699. The number of unbranched alkanes of at least 4 members (excludes halogenated alkanes) is 1. The first kappa shape index (κ1) is 28.5. The number of benzene rings is 1. The Balaban J connectivity index is 3.31. The van der Waals surface area contributed by atoms with E-state index in [9.17, 15) is 14.4 Å². The van der Waals surface area contributed by atoms with Crippen molar-refractivity contribution in [1.82, 2.24) is 15.5 Å². The monoisotopic (exact) mass is 461 g/mol. The van der Waals surface area contributed by atoms with Crippen molar-refractivity contribution in [2.75, 3.05) is 13.6 Å². The Bertz CT molecular complexity index is 816. The molecule has 1 aromatic rings. The summed E-state index contributed by atoms with van der Waals surface area (Å²) >= 11 is 0. The molecule has 0 heterocycles. The number of ether oxygens (including phenoxy) is 1. The molecule has 0 spiro atoms. The Morgan fingerprint density at radius 2 is 1.76 bits per heavy atom. The SMILES string of the molecule is CCCCNC(=O)C(c1cccc(C)c1C)N(C)C(=O)C(NC(=O)OC(C)(C)C)C(C)CC. The summed E-state index contributed by atoms with van der Waals surface area (Å²) < 4.78 is 5.39. The molecule has 7 heteroatoms. The van der Waals surface area contributed by atoms with Crippen molar-refractivity contribution in [2.24, 2.45) is 5.92 Å². The Morgan fingerprint density at radius 3 is 2.30 bits per heavy atom. The van der Waals surface area contributed by atoms with Gasteiger partial charge in [0.05, 0.1) is 0 Å². The molecule has 0 radical (unpaired) electrons. The molecule has 0 saturated carbocycles. The van der Waals surface area contributed by atoms with E-state index in [1.54, 1.807) is 27.8 Å². The molecule has 0 aliphatic rings. The van der Waals surface area contributed by atoms with E-state index in [-0.39, 0.29) is 17.7 Å². The van der Waals surface area contributed by atoms with Gasteiger partial charge in [0, 0.05) is 13.6 Å². The van der Waals surface area contributed by atoms with Gasteiger partial charge in [0.2, 0.25) is 11.8 Å². The predicted molar refractivity (Wildman–Crippen MR) is 132 cm³/mol. The highest BCUT2D eigenvalue weighted by Gasteiger charge is 2.36. The van der Waals surface area contributed by atoms with Gasteiger partial charge in [-0.05, 0) is 63.6 Å². The maximum Gasteiger partial charge on any atom is 0.408 e. The van der Waals surface area contributed by atoms with Gasteiger partial charge in [-0.1, -0.05) is 51.8 Å². The Hall–Kier alpha value is -2.57. The van der Waals surface area contributed by atoms with Crippen LogP contribution in [-0.4, -0.2) is 48.0 Å². The normalized spacial score (nSPS) is 14.1. The third-order valence-corrected chi connectivity index (χ3v) is 5.91. The summed E-state index contributed by atoms with van der Waals surface area (Å²) in [4.78, 5) is 40.9. The van der Waals surface area contributed by atoms with Crippen molar-refractivity contribution >= 4 is 17.9 Å². The second-order valence-electron chi connectivity index (χ2n) is 9.79. The molecule has 0 aromatic heterocycles. The highest BCUT2D eigenvalue weighted by atomic mass is 16.6. The largest absolute Gasteiger partial charge is 0.444 e. The molecule has 1 rings (SSSR count). The fourth-order valence-corrected chi connectivity index (χ4v) is 3.55. The molecule has 7 nitrogen and oxygen atoms in total. The van der Waals surface area contributed by atoms with Gasteiger partial charge in [-0.2, -0.15) is 0 Å². The molecule has 33 heavy (non-hydrogen) atoms. The maximum atomic E-state index is 13.7. The molecule has 0 aliphatic carbocycles. The summed E-state index contributed by atoms with van der Waals surface area (Å²) in [5.41, 5.74) is 2.11. The van der Waals surface area contributed by atoms with Crippen LogP contribution in [0, 0.1) is 19.8 Å². The number of carbonyl (C=O) groups is 3. The van der Waals surface area contributed by atoms with Gasteiger partial charge in [-0.25, -0.2) is 4.79 Å². The number of amides is 3. The second kappa shape index (κ2) is 12.6. The fraction of sp³-hybridized carbons (Fsp3) is 0.654. The van der Waals surface area contributed by atoms with Crippen LogP contribution in [0.25, 0.3) is 0 Å². The van der Waals surface area contributed by atoms with Gasteiger partial charge >= 0.3 is 6.09 Å². The second-order valence-corrected chi connectivity index (χ2v) is 9.79. The van der Waals surface area contributed by atoms with Gasteiger partial charge in [0.1, 0.15) is 17.7 Å². The summed E-state index contributed by atoms with van der Waals surface area (Å²) in [6, 6.07) is 4.15. The molecule has 3 amide bonds. The molecular formula is C26H43N3O4. The van der Waals surface area contributed by atoms with Crippen LogP contribution in [0.3, 0.4) is 0 Å². The minimum atomic E-state index is -0.814. The third-order valence-electron chi connectivity index (χ3n) is 5.91. The highest BCUT2D eigenvalue weighted by Crippen LogP contribution is 2.27. The third kappa shape index (κ3) is 8.37. The molecule has 3 atom stereocenters. The van der Waals surface area contributed by atoms with Crippen molar-refractivity contribution in [3.8, 4) is 0 Å². The number of alkyl carbamates (subject to hydrolysis) is 1. The average molecular weight is 462 g/mol. The lowest BCUT2D eigenvalue weighted by Gasteiger charge is -2.34. The number of nitrogens with zero attached hydrogens (tertiary/aromatic N) is 1. The van der Waals surface area contributed by atoms with E-state index in [1.807, 2.05) is 45.9 Å². The van der Waals surface area contributed by atoms with Gasteiger partial charge in [-0.3, -0.25) is 9.59 Å². The molecule has 0 aliphatic heterocycles. The van der Waals surface area contributed by atoms with E-state index in [1.165, 1.54) is 4.90 Å².